The predicted molar refractivity (Wildman–Crippen MR) is 257 cm³/mol. The van der Waals surface area contributed by atoms with E-state index in [-0.39, 0.29) is 87.7 Å². The third kappa shape index (κ3) is 21.7. The van der Waals surface area contributed by atoms with Crippen LogP contribution in [0.15, 0.2) is 60.0 Å². The number of ether oxygens (including phenoxy) is 4. The molecule has 0 fully saturated rings. The van der Waals surface area contributed by atoms with Crippen LogP contribution >= 0.6 is 11.3 Å². The number of rotatable bonds is 30. The maximum atomic E-state index is 13.7. The monoisotopic (exact) mass is 953 g/mol. The van der Waals surface area contributed by atoms with Crippen LogP contribution in [0.5, 0.6) is 0 Å². The molecule has 0 aliphatic rings. The third-order valence-corrected chi connectivity index (χ3v) is 11.6. The van der Waals surface area contributed by atoms with Crippen LogP contribution in [0.25, 0.3) is 0 Å². The molecular weight excluding hydrogens is 881 g/mol. The summed E-state index contributed by atoms with van der Waals surface area (Å²) in [5.41, 5.74) is 12.4. The molecule has 18 nitrogen and oxygen atoms in total. The molecule has 7 N–H and O–H groups in total. The van der Waals surface area contributed by atoms with Crippen molar-refractivity contribution in [3.05, 3.63) is 81.8 Å². The van der Waals surface area contributed by atoms with Crippen LogP contribution < -0.4 is 32.5 Å². The Kier molecular flexibility index (Phi) is 26.1. The Bertz CT molecular complexity index is 1950. The van der Waals surface area contributed by atoms with E-state index in [1.165, 1.54) is 11.3 Å². The van der Waals surface area contributed by atoms with Crippen molar-refractivity contribution in [1.82, 2.24) is 31.4 Å². The summed E-state index contributed by atoms with van der Waals surface area (Å²) >= 11 is 1.36. The lowest BCUT2D eigenvalue weighted by Crippen LogP contribution is -2.45. The number of nitrogens with zero attached hydrogens (tertiary/aromatic N) is 2. The fourth-order valence-electron chi connectivity index (χ4n) is 6.82. The zero-order chi connectivity index (χ0) is 49.0. The molecule has 3 aromatic rings. The first-order valence-electron chi connectivity index (χ1n) is 23.3. The summed E-state index contributed by atoms with van der Waals surface area (Å²) in [6.07, 6.45) is 2.37. The molecule has 19 heteroatoms. The van der Waals surface area contributed by atoms with Crippen molar-refractivity contribution in [2.75, 3.05) is 51.4 Å². The highest BCUT2D eigenvalue weighted by Gasteiger charge is 2.32. The van der Waals surface area contributed by atoms with Crippen molar-refractivity contribution in [3.63, 3.8) is 0 Å². The number of alkyl carbamates (subject to hydrolysis) is 1. The van der Waals surface area contributed by atoms with Gasteiger partial charge in [-0.2, -0.15) is 0 Å². The molecule has 0 radical (unpaired) electrons. The third-order valence-electron chi connectivity index (χ3n) is 10.6. The summed E-state index contributed by atoms with van der Waals surface area (Å²) in [7, 11) is 0. The van der Waals surface area contributed by atoms with Crippen molar-refractivity contribution in [3.8, 4) is 0 Å². The van der Waals surface area contributed by atoms with Crippen molar-refractivity contribution in [1.29, 1.82) is 0 Å². The second-order valence-corrected chi connectivity index (χ2v) is 17.4. The van der Waals surface area contributed by atoms with Crippen LogP contribution in [-0.4, -0.2) is 104 Å². The number of thiazole rings is 1. The van der Waals surface area contributed by atoms with Crippen molar-refractivity contribution in [2.24, 2.45) is 17.6 Å². The number of hydrazine groups is 1. The topological polar surface area (TPSA) is 242 Å². The normalized spacial score (nSPS) is 12.8. The first-order valence-corrected chi connectivity index (χ1v) is 24.1. The molecule has 3 rings (SSSR count). The maximum absolute atomic E-state index is 13.7. The quantitative estimate of drug-likeness (QED) is 0.0314. The molecule has 0 spiro atoms. The zero-order valence-electron chi connectivity index (χ0n) is 39.9. The Balaban J connectivity index is 1.46. The van der Waals surface area contributed by atoms with Crippen LogP contribution in [0.3, 0.4) is 0 Å². The fraction of sp³-hybridized carbons (Fsp3) is 0.562. The molecule has 2 aromatic carbocycles. The summed E-state index contributed by atoms with van der Waals surface area (Å²) in [5, 5.41) is 10.6. The van der Waals surface area contributed by atoms with E-state index in [1.54, 1.807) is 29.6 Å². The van der Waals surface area contributed by atoms with Crippen LogP contribution in [-0.2, 0) is 46.4 Å². The van der Waals surface area contributed by atoms with Gasteiger partial charge in [0.05, 0.1) is 19.8 Å². The Hall–Kier alpha value is -5.63. The molecule has 370 valence electrons. The van der Waals surface area contributed by atoms with E-state index < -0.39 is 30.2 Å². The van der Waals surface area contributed by atoms with Gasteiger partial charge in [-0.3, -0.25) is 24.6 Å². The Morgan fingerprint density at radius 3 is 2.24 bits per heavy atom. The molecule has 0 saturated carbocycles. The number of amides is 6. The zero-order valence-corrected chi connectivity index (χ0v) is 40.8. The lowest BCUT2D eigenvalue weighted by Gasteiger charge is -2.37. The molecule has 0 aliphatic heterocycles. The molecule has 4 atom stereocenters. The van der Waals surface area contributed by atoms with Gasteiger partial charge in [0, 0.05) is 62.1 Å². The number of nitrogens with one attached hydrogen (secondary N) is 5. The number of aromatic nitrogens is 1. The average Bonchev–Trinajstić information content (AvgIpc) is 3.82. The standard InChI is InChI=1S/C48H72N8O10S/c1-7-22-56(44(59)27-34(6)9-3)40(33(4)5)29-41(64-23-8-2)46-53-39(32-67-46)45(60)52-38(28-35-13-11-10-12-14-35)19-20-42(57)54-55-48(62)65-26-25-63-24-21-50-47(61)66-31-36-15-17-37(18-16-36)51-43(58)30-49/h10-18,32-34,38,40-41H,7-9,19-31,49H2,1-6H3,(H,50,61)(H,51,58)(H,52,60)(H,54,57)(H,55,62)/t34-,38+,40+,41+/m0/s1. The predicted octanol–water partition coefficient (Wildman–Crippen LogP) is 6.42. The van der Waals surface area contributed by atoms with Crippen molar-refractivity contribution in [2.45, 2.75) is 118 Å². The number of carbonyl (C=O) groups excluding carboxylic acids is 6. The van der Waals surface area contributed by atoms with Gasteiger partial charge in [-0.05, 0) is 60.8 Å². The van der Waals surface area contributed by atoms with E-state index in [9.17, 15) is 28.8 Å². The Labute approximate surface area is 399 Å². The highest BCUT2D eigenvalue weighted by molar-refractivity contribution is 7.09. The number of hydrogen-bond acceptors (Lipinski definition) is 13. The van der Waals surface area contributed by atoms with E-state index in [4.69, 9.17) is 29.7 Å². The highest BCUT2D eigenvalue weighted by Crippen LogP contribution is 2.31. The van der Waals surface area contributed by atoms with Gasteiger partial charge in [-0.15, -0.1) is 11.3 Å². The van der Waals surface area contributed by atoms with Crippen molar-refractivity contribution < 1.29 is 47.7 Å². The van der Waals surface area contributed by atoms with Crippen LogP contribution in [0, 0.1) is 11.8 Å². The van der Waals surface area contributed by atoms with E-state index in [0.717, 1.165) is 30.4 Å². The van der Waals surface area contributed by atoms with E-state index in [1.807, 2.05) is 42.2 Å². The number of nitrogens with two attached hydrogens (primary N) is 1. The molecule has 6 amide bonds. The fourth-order valence-corrected chi connectivity index (χ4v) is 7.68. The van der Waals surface area contributed by atoms with Gasteiger partial charge in [-0.25, -0.2) is 20.0 Å². The molecule has 0 saturated heterocycles. The molecule has 1 heterocycles. The van der Waals surface area contributed by atoms with Gasteiger partial charge >= 0.3 is 12.2 Å². The van der Waals surface area contributed by atoms with Gasteiger partial charge in [-0.1, -0.05) is 90.4 Å². The molecule has 1 aromatic heterocycles. The van der Waals surface area contributed by atoms with Gasteiger partial charge in [0.15, 0.2) is 0 Å². The minimum atomic E-state index is -0.890. The number of carbonyl (C=O) groups is 6. The van der Waals surface area contributed by atoms with Crippen LogP contribution in [0.4, 0.5) is 15.3 Å². The summed E-state index contributed by atoms with van der Waals surface area (Å²) in [6.45, 7) is 13.8. The molecule has 0 aliphatic carbocycles. The van der Waals surface area contributed by atoms with Gasteiger partial charge in [0.2, 0.25) is 17.7 Å². The number of hydrogen-bond donors (Lipinski definition) is 6. The minimum absolute atomic E-state index is 0.0202. The van der Waals surface area contributed by atoms with Gasteiger partial charge < -0.3 is 45.5 Å². The van der Waals surface area contributed by atoms with Crippen LogP contribution in [0.2, 0.25) is 0 Å². The second-order valence-electron chi connectivity index (χ2n) is 16.6. The van der Waals surface area contributed by atoms with E-state index in [0.29, 0.717) is 49.0 Å². The number of benzene rings is 2. The molecule has 0 unspecified atom stereocenters. The molecule has 0 bridgehead atoms. The van der Waals surface area contributed by atoms with E-state index in [2.05, 4.69) is 61.4 Å². The summed E-state index contributed by atoms with van der Waals surface area (Å²) in [6, 6.07) is 15.8. The summed E-state index contributed by atoms with van der Waals surface area (Å²) in [5.74, 6) is -0.573. The SMILES string of the molecule is CCCO[C@H](C[C@H](C(C)C)N(CCC)C(=O)C[C@@H](C)CC)c1nc(C(=O)N[C@H](CCC(=O)NNC(=O)OCCOCCNC(=O)OCc2ccc(NC(=O)CN)cc2)Cc2ccccc2)cs1. The number of anilines is 1. The Morgan fingerprint density at radius 2 is 1.57 bits per heavy atom. The van der Waals surface area contributed by atoms with Gasteiger partial charge in [0.25, 0.3) is 5.91 Å². The van der Waals surface area contributed by atoms with Crippen molar-refractivity contribution >= 4 is 52.8 Å². The smallest absolute Gasteiger partial charge is 0.426 e. The van der Waals surface area contributed by atoms with Gasteiger partial charge in [0.1, 0.15) is 30.0 Å². The molecule has 67 heavy (non-hydrogen) atoms. The second kappa shape index (κ2) is 31.4. The summed E-state index contributed by atoms with van der Waals surface area (Å²) in [4.78, 5) is 82.5. The Morgan fingerprint density at radius 1 is 0.821 bits per heavy atom. The maximum Gasteiger partial charge on any atom is 0.426 e. The van der Waals surface area contributed by atoms with Crippen LogP contribution in [0.1, 0.15) is 119 Å². The lowest BCUT2D eigenvalue weighted by molar-refractivity contribution is -0.136. The largest absolute Gasteiger partial charge is 0.446 e. The first-order chi connectivity index (χ1) is 32.3. The highest BCUT2D eigenvalue weighted by atomic mass is 32.1. The summed E-state index contributed by atoms with van der Waals surface area (Å²) < 4.78 is 22.0. The van der Waals surface area contributed by atoms with E-state index >= 15 is 0 Å². The minimum Gasteiger partial charge on any atom is -0.446 e. The molecular formula is C48H72N8O10S. The average molecular weight is 953 g/mol. The lowest BCUT2D eigenvalue weighted by atomic mass is 9.94. The first kappa shape index (κ1) is 55.7.